The Morgan fingerprint density at radius 3 is 2.63 bits per heavy atom. The topological polar surface area (TPSA) is 125 Å². The molecule has 2 aromatic rings. The molecular weight excluding hydrogens is 465 g/mol. The summed E-state index contributed by atoms with van der Waals surface area (Å²) in [6.07, 6.45) is 1.22. The van der Waals surface area contributed by atoms with Crippen LogP contribution in [-0.4, -0.2) is 22.5 Å². The van der Waals surface area contributed by atoms with Gasteiger partial charge in [0.1, 0.15) is 17.4 Å². The summed E-state index contributed by atoms with van der Waals surface area (Å²) in [6, 6.07) is 10.9. The average Bonchev–Trinajstić information content (AvgIpc) is 2.63. The maximum atomic E-state index is 12.3. The Balaban J connectivity index is 2.26. The van der Waals surface area contributed by atoms with Gasteiger partial charge in [0.25, 0.3) is 5.91 Å². The van der Waals surface area contributed by atoms with E-state index in [1.54, 1.807) is 52.9 Å². The summed E-state index contributed by atoms with van der Waals surface area (Å²) < 4.78 is 5.55. The first-order chi connectivity index (χ1) is 12.8. The molecule has 1 amide bonds. The van der Waals surface area contributed by atoms with Gasteiger partial charge in [-0.1, -0.05) is 0 Å². The molecule has 0 aromatic heterocycles. The highest BCUT2D eigenvalue weighted by molar-refractivity contribution is 14.1. The van der Waals surface area contributed by atoms with Crippen molar-refractivity contribution in [1.82, 2.24) is 0 Å². The lowest BCUT2D eigenvalue weighted by atomic mass is 10.1. The van der Waals surface area contributed by atoms with Crippen molar-refractivity contribution in [3.8, 4) is 17.6 Å². The first-order valence-electron chi connectivity index (χ1n) is 7.68. The second-order valence-corrected chi connectivity index (χ2v) is 6.37. The Bertz CT molecular complexity index is 949. The molecule has 0 aliphatic rings. The van der Waals surface area contributed by atoms with Crippen LogP contribution in [0.4, 0.5) is 11.4 Å². The third kappa shape index (κ3) is 5.18. The fourth-order valence-electron chi connectivity index (χ4n) is 2.14. The van der Waals surface area contributed by atoms with Gasteiger partial charge in [-0.05, 0) is 71.5 Å². The summed E-state index contributed by atoms with van der Waals surface area (Å²) in [7, 11) is 0. The number of hydrogen-bond acceptors (Lipinski definition) is 6. The van der Waals surface area contributed by atoms with Gasteiger partial charge >= 0.3 is 5.69 Å². The molecular formula is C18H14IN3O5. The number of ether oxygens (including phenoxy) is 1. The van der Waals surface area contributed by atoms with Crippen molar-refractivity contribution in [3.63, 3.8) is 0 Å². The minimum atomic E-state index is -0.735. The number of carbonyl (C=O) groups excluding carboxylic acids is 1. The Morgan fingerprint density at radius 1 is 1.41 bits per heavy atom. The first-order valence-corrected chi connectivity index (χ1v) is 8.76. The highest BCUT2D eigenvalue weighted by atomic mass is 127. The van der Waals surface area contributed by atoms with Crippen LogP contribution in [0.1, 0.15) is 12.5 Å². The second-order valence-electron chi connectivity index (χ2n) is 5.21. The van der Waals surface area contributed by atoms with E-state index in [0.29, 0.717) is 18.0 Å². The third-order valence-electron chi connectivity index (χ3n) is 3.36. The molecule has 0 atom stereocenters. The van der Waals surface area contributed by atoms with Gasteiger partial charge in [-0.15, -0.1) is 0 Å². The van der Waals surface area contributed by atoms with Crippen molar-refractivity contribution < 1.29 is 19.6 Å². The predicted molar refractivity (Wildman–Crippen MR) is 107 cm³/mol. The number of benzene rings is 2. The van der Waals surface area contributed by atoms with Crippen LogP contribution in [0.5, 0.6) is 11.5 Å². The molecule has 0 aliphatic carbocycles. The van der Waals surface area contributed by atoms with E-state index in [2.05, 4.69) is 5.32 Å². The lowest BCUT2D eigenvalue weighted by Gasteiger charge is -2.07. The standard InChI is InChI=1S/C18H14IN3O5/c1-2-27-14-5-3-13(4-6-14)21-18(24)12(10-20)7-11-8-15(19)17(23)16(9-11)22(25)26/h3-9,23H,2H2,1H3,(H,21,24). The van der Waals surface area contributed by atoms with Crippen molar-refractivity contribution in [1.29, 1.82) is 5.26 Å². The molecule has 0 bridgehead atoms. The predicted octanol–water partition coefficient (Wildman–Crippen LogP) is 3.85. The molecule has 2 N–H and O–H groups in total. The van der Waals surface area contributed by atoms with E-state index >= 15 is 0 Å². The summed E-state index contributed by atoms with van der Waals surface area (Å²) in [5, 5.41) is 32.6. The third-order valence-corrected chi connectivity index (χ3v) is 4.18. The first kappa shape index (κ1) is 20.2. The largest absolute Gasteiger partial charge is 0.501 e. The number of phenols is 1. The minimum Gasteiger partial charge on any atom is -0.501 e. The highest BCUT2D eigenvalue weighted by Gasteiger charge is 2.18. The number of phenolic OH excluding ortho intramolecular Hbond substituents is 1. The summed E-state index contributed by atoms with van der Waals surface area (Å²) in [4.78, 5) is 22.6. The maximum Gasteiger partial charge on any atom is 0.312 e. The number of nitrogens with one attached hydrogen (secondary N) is 1. The lowest BCUT2D eigenvalue weighted by Crippen LogP contribution is -2.13. The van der Waals surface area contributed by atoms with Crippen LogP contribution >= 0.6 is 22.6 Å². The number of rotatable bonds is 6. The fourth-order valence-corrected chi connectivity index (χ4v) is 2.78. The molecule has 0 saturated heterocycles. The van der Waals surface area contributed by atoms with Crippen molar-refractivity contribution in [3.05, 3.63) is 61.2 Å². The molecule has 0 unspecified atom stereocenters. The normalized spacial score (nSPS) is 10.8. The Labute approximate surface area is 168 Å². The van der Waals surface area contributed by atoms with Gasteiger partial charge < -0.3 is 15.2 Å². The van der Waals surface area contributed by atoms with Gasteiger partial charge in [-0.25, -0.2) is 0 Å². The average molecular weight is 479 g/mol. The van der Waals surface area contributed by atoms with Crippen LogP contribution < -0.4 is 10.1 Å². The van der Waals surface area contributed by atoms with Crippen molar-refractivity contribution in [2.24, 2.45) is 0 Å². The quantitative estimate of drug-likeness (QED) is 0.213. The number of halogens is 1. The van der Waals surface area contributed by atoms with E-state index in [-0.39, 0.29) is 14.7 Å². The molecule has 2 aromatic carbocycles. The zero-order valence-corrected chi connectivity index (χ0v) is 16.3. The van der Waals surface area contributed by atoms with Crippen molar-refractivity contribution >= 4 is 45.9 Å². The fraction of sp³-hybridized carbons (Fsp3) is 0.111. The van der Waals surface area contributed by atoms with Gasteiger partial charge in [0, 0.05) is 11.8 Å². The summed E-state index contributed by atoms with van der Waals surface area (Å²) in [6.45, 7) is 2.37. The molecule has 0 heterocycles. The summed E-state index contributed by atoms with van der Waals surface area (Å²) >= 11 is 1.73. The van der Waals surface area contributed by atoms with Crippen LogP contribution in [0.15, 0.2) is 42.0 Å². The zero-order chi connectivity index (χ0) is 20.0. The molecule has 27 heavy (non-hydrogen) atoms. The second kappa shape index (κ2) is 9.00. The van der Waals surface area contributed by atoms with Crippen molar-refractivity contribution in [2.45, 2.75) is 6.92 Å². The Morgan fingerprint density at radius 2 is 2.07 bits per heavy atom. The summed E-state index contributed by atoms with van der Waals surface area (Å²) in [5.74, 6) is -0.472. The number of nitro groups is 1. The van der Waals surface area contributed by atoms with Gasteiger partial charge in [0.05, 0.1) is 15.1 Å². The Kier molecular flexibility index (Phi) is 6.73. The number of aromatic hydroxyl groups is 1. The van der Waals surface area contributed by atoms with Crippen LogP contribution in [0.2, 0.25) is 0 Å². The highest BCUT2D eigenvalue weighted by Crippen LogP contribution is 2.33. The molecule has 9 heteroatoms. The van der Waals surface area contributed by atoms with Crippen LogP contribution in [0.25, 0.3) is 6.08 Å². The maximum absolute atomic E-state index is 12.3. The molecule has 0 saturated carbocycles. The Hall–Kier alpha value is -3.13. The smallest absolute Gasteiger partial charge is 0.312 e. The van der Waals surface area contributed by atoms with Crippen LogP contribution in [-0.2, 0) is 4.79 Å². The number of hydrogen-bond donors (Lipinski definition) is 2. The van der Waals surface area contributed by atoms with Gasteiger partial charge in [0.15, 0.2) is 0 Å². The number of nitriles is 1. The van der Waals surface area contributed by atoms with E-state index in [9.17, 15) is 25.3 Å². The van der Waals surface area contributed by atoms with E-state index in [1.165, 1.54) is 12.1 Å². The molecule has 0 radical (unpaired) electrons. The van der Waals surface area contributed by atoms with E-state index in [4.69, 9.17) is 4.74 Å². The van der Waals surface area contributed by atoms with Crippen LogP contribution in [0.3, 0.4) is 0 Å². The van der Waals surface area contributed by atoms with E-state index in [1.807, 2.05) is 6.92 Å². The lowest BCUT2D eigenvalue weighted by molar-refractivity contribution is -0.386. The van der Waals surface area contributed by atoms with Gasteiger partial charge in [-0.2, -0.15) is 5.26 Å². The van der Waals surface area contributed by atoms with E-state index < -0.39 is 22.3 Å². The number of carbonyl (C=O) groups is 1. The van der Waals surface area contributed by atoms with Gasteiger partial charge in [-0.3, -0.25) is 14.9 Å². The molecule has 2 rings (SSSR count). The molecule has 0 spiro atoms. The minimum absolute atomic E-state index is 0.234. The zero-order valence-electron chi connectivity index (χ0n) is 14.1. The number of amides is 1. The molecule has 0 aliphatic heterocycles. The molecule has 8 nitrogen and oxygen atoms in total. The molecule has 138 valence electrons. The SMILES string of the molecule is CCOc1ccc(NC(=O)C(C#N)=Cc2cc(I)c(O)c([N+](=O)[O-])c2)cc1. The van der Waals surface area contributed by atoms with Crippen molar-refractivity contribution in [2.75, 3.05) is 11.9 Å². The summed E-state index contributed by atoms with van der Waals surface area (Å²) in [5.41, 5.74) is -0.0183. The molecule has 0 fully saturated rings. The number of nitro benzene ring substituents is 1. The van der Waals surface area contributed by atoms with E-state index in [0.717, 1.165) is 6.07 Å². The number of anilines is 1. The van der Waals surface area contributed by atoms with Gasteiger partial charge in [0.2, 0.25) is 5.75 Å². The monoisotopic (exact) mass is 479 g/mol. The van der Waals surface area contributed by atoms with Crippen LogP contribution in [0, 0.1) is 25.0 Å². The number of nitrogens with zero attached hydrogens (tertiary/aromatic N) is 2.